The third-order valence-corrected chi connectivity index (χ3v) is 13.0. The lowest BCUT2D eigenvalue weighted by Gasteiger charge is -2.43. The number of rotatable bonds is 6. The summed E-state index contributed by atoms with van der Waals surface area (Å²) in [6.07, 6.45) is 2.18. The topological polar surface area (TPSA) is 35.5 Å². The summed E-state index contributed by atoms with van der Waals surface area (Å²) < 4.78 is 12.3. The Labute approximate surface area is 158 Å². The maximum atomic E-state index is 12.8. The standard InChI is InChI=1S/C20H42O3Si2/c1-11-20(5,6)17(12-19(2,3)4)13-22-18(21)16-14-24(7,8)23-25(9,10)15-16/h16-17H,11-15H2,1-10H3. The van der Waals surface area contributed by atoms with Crippen molar-refractivity contribution >= 4 is 22.6 Å². The molecule has 0 amide bonds. The van der Waals surface area contributed by atoms with Gasteiger partial charge in [0.1, 0.15) is 0 Å². The lowest BCUT2D eigenvalue weighted by Crippen LogP contribution is -2.52. The Morgan fingerprint density at radius 1 is 1.08 bits per heavy atom. The molecule has 1 saturated heterocycles. The van der Waals surface area contributed by atoms with Crippen molar-refractivity contribution < 1.29 is 13.6 Å². The third-order valence-electron chi connectivity index (χ3n) is 5.66. The second-order valence-corrected chi connectivity index (χ2v) is 19.8. The van der Waals surface area contributed by atoms with Crippen LogP contribution in [0.1, 0.15) is 54.4 Å². The van der Waals surface area contributed by atoms with E-state index in [1.807, 2.05) is 0 Å². The number of carbonyl (C=O) groups is 1. The van der Waals surface area contributed by atoms with Gasteiger partial charge in [-0.25, -0.2) is 0 Å². The van der Waals surface area contributed by atoms with Gasteiger partial charge < -0.3 is 8.85 Å². The maximum Gasteiger partial charge on any atom is 0.308 e. The Kier molecular flexibility index (Phi) is 7.19. The molecule has 1 aliphatic heterocycles. The molecule has 0 bridgehead atoms. The molecular formula is C20H42O3Si2. The summed E-state index contributed by atoms with van der Waals surface area (Å²) in [7, 11) is -3.46. The lowest BCUT2D eigenvalue weighted by molar-refractivity contribution is -0.150. The molecule has 0 N–H and O–H groups in total. The van der Waals surface area contributed by atoms with E-state index in [9.17, 15) is 4.79 Å². The van der Waals surface area contributed by atoms with Crippen LogP contribution < -0.4 is 0 Å². The van der Waals surface area contributed by atoms with Gasteiger partial charge >= 0.3 is 5.97 Å². The molecule has 0 saturated carbocycles. The summed E-state index contributed by atoms with van der Waals surface area (Å²) in [5.74, 6) is 0.476. The van der Waals surface area contributed by atoms with E-state index in [1.54, 1.807) is 0 Å². The van der Waals surface area contributed by atoms with E-state index >= 15 is 0 Å². The van der Waals surface area contributed by atoms with Gasteiger partial charge in [0.2, 0.25) is 0 Å². The first-order valence-electron chi connectivity index (χ1n) is 9.94. The zero-order valence-corrected chi connectivity index (χ0v) is 20.4. The molecule has 1 atom stereocenters. The van der Waals surface area contributed by atoms with Gasteiger partial charge in [-0.05, 0) is 61.4 Å². The molecular weight excluding hydrogens is 344 g/mol. The fourth-order valence-electron chi connectivity index (χ4n) is 4.15. The highest BCUT2D eigenvalue weighted by Gasteiger charge is 2.45. The molecule has 0 aromatic carbocycles. The Balaban J connectivity index is 2.77. The maximum absolute atomic E-state index is 12.8. The largest absolute Gasteiger partial charge is 0.465 e. The van der Waals surface area contributed by atoms with E-state index in [0.29, 0.717) is 12.5 Å². The summed E-state index contributed by atoms with van der Waals surface area (Å²) in [6, 6.07) is 1.81. The molecule has 0 spiro atoms. The molecule has 25 heavy (non-hydrogen) atoms. The van der Waals surface area contributed by atoms with E-state index < -0.39 is 16.6 Å². The average Bonchev–Trinajstić information content (AvgIpc) is 2.38. The van der Waals surface area contributed by atoms with Crippen molar-refractivity contribution in [2.45, 2.75) is 92.7 Å². The first-order valence-corrected chi connectivity index (χ1v) is 16.2. The monoisotopic (exact) mass is 386 g/mol. The van der Waals surface area contributed by atoms with Crippen molar-refractivity contribution in [1.29, 1.82) is 0 Å². The van der Waals surface area contributed by atoms with Crippen molar-refractivity contribution in [2.75, 3.05) is 6.61 Å². The molecule has 0 radical (unpaired) electrons. The highest BCUT2D eigenvalue weighted by atomic mass is 28.4. The van der Waals surface area contributed by atoms with Crippen molar-refractivity contribution in [3.63, 3.8) is 0 Å². The van der Waals surface area contributed by atoms with Crippen molar-refractivity contribution in [1.82, 2.24) is 0 Å². The van der Waals surface area contributed by atoms with Crippen LogP contribution in [0, 0.1) is 22.7 Å². The lowest BCUT2D eigenvalue weighted by atomic mass is 9.70. The molecule has 1 rings (SSSR count). The van der Waals surface area contributed by atoms with Gasteiger partial charge in [0.25, 0.3) is 0 Å². The molecule has 5 heteroatoms. The highest BCUT2D eigenvalue weighted by Crippen LogP contribution is 2.40. The fourth-order valence-corrected chi connectivity index (χ4v) is 14.1. The van der Waals surface area contributed by atoms with Crippen LogP contribution in [0.2, 0.25) is 38.3 Å². The Bertz CT molecular complexity index is 448. The van der Waals surface area contributed by atoms with E-state index in [4.69, 9.17) is 8.85 Å². The minimum Gasteiger partial charge on any atom is -0.465 e. The van der Waals surface area contributed by atoms with E-state index in [1.165, 1.54) is 0 Å². The fraction of sp³-hybridized carbons (Fsp3) is 0.950. The molecule has 1 aliphatic rings. The molecule has 0 aliphatic carbocycles. The summed E-state index contributed by atoms with van der Waals surface area (Å²) in [6.45, 7) is 23.2. The van der Waals surface area contributed by atoms with Gasteiger partial charge in [-0.2, -0.15) is 0 Å². The first-order chi connectivity index (χ1) is 11.1. The van der Waals surface area contributed by atoms with Gasteiger partial charge in [-0.3, -0.25) is 4.79 Å². The van der Waals surface area contributed by atoms with Crippen LogP contribution in [0.25, 0.3) is 0 Å². The number of esters is 1. The van der Waals surface area contributed by atoms with Crippen molar-refractivity contribution in [2.24, 2.45) is 22.7 Å². The van der Waals surface area contributed by atoms with Crippen LogP contribution in [-0.2, 0) is 13.6 Å². The van der Waals surface area contributed by atoms with E-state index in [-0.39, 0.29) is 22.7 Å². The second-order valence-electron chi connectivity index (χ2n) is 11.2. The molecule has 3 nitrogen and oxygen atoms in total. The molecule has 0 aromatic rings. The van der Waals surface area contributed by atoms with Gasteiger partial charge in [-0.1, -0.05) is 48.0 Å². The summed E-state index contributed by atoms with van der Waals surface area (Å²) in [4.78, 5) is 12.8. The molecule has 1 unspecified atom stereocenters. The highest BCUT2D eigenvalue weighted by molar-refractivity contribution is 6.86. The van der Waals surface area contributed by atoms with Gasteiger partial charge in [0.15, 0.2) is 16.6 Å². The Morgan fingerprint density at radius 3 is 1.96 bits per heavy atom. The zero-order valence-electron chi connectivity index (χ0n) is 18.4. The van der Waals surface area contributed by atoms with Crippen LogP contribution in [0.5, 0.6) is 0 Å². The van der Waals surface area contributed by atoms with Crippen LogP contribution >= 0.6 is 0 Å². The van der Waals surface area contributed by atoms with Gasteiger partial charge in [0.05, 0.1) is 12.5 Å². The molecule has 1 heterocycles. The summed E-state index contributed by atoms with van der Waals surface area (Å²) in [5.41, 5.74) is 0.428. The summed E-state index contributed by atoms with van der Waals surface area (Å²) in [5, 5.41) is 0. The van der Waals surface area contributed by atoms with E-state index in [2.05, 4.69) is 67.7 Å². The smallest absolute Gasteiger partial charge is 0.308 e. The molecule has 148 valence electrons. The minimum atomic E-state index is -1.73. The van der Waals surface area contributed by atoms with Crippen LogP contribution in [0.15, 0.2) is 0 Å². The first kappa shape index (κ1) is 22.9. The van der Waals surface area contributed by atoms with Crippen LogP contribution in [0.3, 0.4) is 0 Å². The summed E-state index contributed by atoms with van der Waals surface area (Å²) >= 11 is 0. The van der Waals surface area contributed by atoms with Gasteiger partial charge in [0, 0.05) is 0 Å². The van der Waals surface area contributed by atoms with Crippen molar-refractivity contribution in [3.8, 4) is 0 Å². The van der Waals surface area contributed by atoms with Gasteiger partial charge in [-0.15, -0.1) is 0 Å². The normalized spacial score (nSPS) is 22.5. The third kappa shape index (κ3) is 7.55. The Morgan fingerprint density at radius 2 is 1.56 bits per heavy atom. The number of hydrogen-bond acceptors (Lipinski definition) is 3. The predicted molar refractivity (Wildman–Crippen MR) is 112 cm³/mol. The zero-order chi connectivity index (χ0) is 19.7. The molecule has 1 fully saturated rings. The van der Waals surface area contributed by atoms with Crippen LogP contribution in [0.4, 0.5) is 0 Å². The molecule has 0 aromatic heterocycles. The number of ether oxygens (including phenoxy) is 1. The quantitative estimate of drug-likeness (QED) is 0.410. The second kappa shape index (κ2) is 7.85. The van der Waals surface area contributed by atoms with Crippen LogP contribution in [-0.4, -0.2) is 29.2 Å². The number of carbonyl (C=O) groups excluding carboxylic acids is 1. The Hall–Kier alpha value is -0.136. The predicted octanol–water partition coefficient (Wildman–Crippen LogP) is 6.07. The minimum absolute atomic E-state index is 0.0234. The SMILES string of the molecule is CCC(C)(C)C(COC(=O)C1C[Si](C)(C)O[Si](C)(C)C1)CC(C)(C)C. The van der Waals surface area contributed by atoms with E-state index in [0.717, 1.165) is 24.9 Å². The average molecular weight is 387 g/mol. The van der Waals surface area contributed by atoms with Crippen molar-refractivity contribution in [3.05, 3.63) is 0 Å². The number of hydrogen-bond donors (Lipinski definition) is 0.